The van der Waals surface area contributed by atoms with Crippen molar-refractivity contribution >= 4 is 40.6 Å². The van der Waals surface area contributed by atoms with Crippen molar-refractivity contribution in [2.24, 2.45) is 0 Å². The van der Waals surface area contributed by atoms with Crippen molar-refractivity contribution in [3.8, 4) is 0 Å². The first kappa shape index (κ1) is 23.4. The van der Waals surface area contributed by atoms with Gasteiger partial charge in [-0.15, -0.1) is 0 Å². The van der Waals surface area contributed by atoms with E-state index in [0.29, 0.717) is 24.1 Å². The maximum atomic E-state index is 12.7. The molecular weight excluding hydrogens is 451 g/mol. The van der Waals surface area contributed by atoms with E-state index in [0.717, 1.165) is 17.0 Å². The van der Waals surface area contributed by atoms with Gasteiger partial charge in [0.15, 0.2) is 0 Å². The van der Waals surface area contributed by atoms with Crippen molar-refractivity contribution in [1.29, 1.82) is 0 Å². The second-order valence-electron chi connectivity index (χ2n) is 6.65. The molecule has 0 saturated carbocycles. The van der Waals surface area contributed by atoms with Crippen LogP contribution in [0.25, 0.3) is 0 Å². The Kier molecular flexibility index (Phi) is 7.21. The molecular formula is C20H19ClF3N5O3. The molecule has 0 atom stereocenters. The van der Waals surface area contributed by atoms with Gasteiger partial charge in [-0.05, 0) is 18.2 Å². The lowest BCUT2D eigenvalue weighted by Gasteiger charge is -2.16. The molecule has 0 unspecified atom stereocenters. The second kappa shape index (κ2) is 9.88. The highest BCUT2D eigenvalue weighted by Gasteiger charge is 2.32. The fraction of sp³-hybridized carbons (Fsp3) is 0.250. The minimum absolute atomic E-state index is 0.0801. The fourth-order valence-corrected chi connectivity index (χ4v) is 3.14. The molecule has 4 N–H and O–H groups in total. The predicted molar refractivity (Wildman–Crippen MR) is 113 cm³/mol. The topological polar surface area (TPSA) is 107 Å². The maximum absolute atomic E-state index is 12.7. The summed E-state index contributed by atoms with van der Waals surface area (Å²) in [6.45, 7) is 0.212. The number of aliphatic hydroxyl groups excluding tert-OH is 1. The van der Waals surface area contributed by atoms with Gasteiger partial charge in [-0.3, -0.25) is 14.5 Å². The Morgan fingerprint density at radius 1 is 1.09 bits per heavy atom. The van der Waals surface area contributed by atoms with E-state index in [1.54, 1.807) is 24.3 Å². The number of β-amino-alcohol motifs (C(OH)–C–C–N with tert-alkyl or cyclic N) is 1. The standard InChI is InChI=1S/C20H19ClF3N5O3/c21-13-9-12(20(22,23)24)11-27-18(13)26-6-5-25-14-3-1-2-4-15(14)28-16-10-17(31)29(7-8-30)19(16)32/h1-4,9-11,25,28,30H,5-8H2,(H,26,27). The smallest absolute Gasteiger partial charge is 0.395 e. The summed E-state index contributed by atoms with van der Waals surface area (Å²) in [6.07, 6.45) is -2.66. The zero-order chi connectivity index (χ0) is 23.3. The van der Waals surface area contributed by atoms with Gasteiger partial charge < -0.3 is 21.1 Å². The van der Waals surface area contributed by atoms with E-state index in [2.05, 4.69) is 20.9 Å². The molecule has 1 aliphatic heterocycles. The number of hydrogen-bond donors (Lipinski definition) is 4. The minimum atomic E-state index is -4.52. The monoisotopic (exact) mass is 469 g/mol. The molecule has 1 aromatic heterocycles. The SMILES string of the molecule is O=C1C=C(Nc2ccccc2NCCNc2ncc(C(F)(F)F)cc2Cl)C(=O)N1CCO. The number of pyridine rings is 1. The van der Waals surface area contributed by atoms with Crippen molar-refractivity contribution in [2.45, 2.75) is 6.18 Å². The number of anilines is 3. The number of nitrogens with zero attached hydrogens (tertiary/aromatic N) is 2. The van der Waals surface area contributed by atoms with Crippen LogP contribution in [0.3, 0.4) is 0 Å². The third kappa shape index (κ3) is 5.48. The van der Waals surface area contributed by atoms with Crippen LogP contribution in [-0.2, 0) is 15.8 Å². The molecule has 0 radical (unpaired) electrons. The van der Waals surface area contributed by atoms with Crippen LogP contribution in [0.1, 0.15) is 5.56 Å². The van der Waals surface area contributed by atoms with Crippen LogP contribution in [0.4, 0.5) is 30.4 Å². The number of rotatable bonds is 9. The average Bonchev–Trinajstić information content (AvgIpc) is 3.00. The molecule has 1 aliphatic rings. The normalized spacial score (nSPS) is 13.9. The van der Waals surface area contributed by atoms with Gasteiger partial charge in [0.2, 0.25) is 0 Å². The number of hydrogen-bond acceptors (Lipinski definition) is 7. The fourth-order valence-electron chi connectivity index (χ4n) is 2.90. The third-order valence-corrected chi connectivity index (χ3v) is 4.72. The Hall–Kier alpha value is -3.31. The Labute approximate surface area is 186 Å². The number of aliphatic hydroxyl groups is 1. The summed E-state index contributed by atoms with van der Waals surface area (Å²) in [7, 11) is 0. The Bertz CT molecular complexity index is 1050. The van der Waals surface area contributed by atoms with E-state index >= 15 is 0 Å². The summed E-state index contributed by atoms with van der Waals surface area (Å²) in [4.78, 5) is 28.8. The highest BCUT2D eigenvalue weighted by molar-refractivity contribution is 6.33. The molecule has 0 bridgehead atoms. The lowest BCUT2D eigenvalue weighted by atomic mass is 10.2. The van der Waals surface area contributed by atoms with E-state index in [4.69, 9.17) is 16.7 Å². The van der Waals surface area contributed by atoms with Crippen LogP contribution < -0.4 is 16.0 Å². The van der Waals surface area contributed by atoms with E-state index in [1.165, 1.54) is 0 Å². The predicted octanol–water partition coefficient (Wildman–Crippen LogP) is 2.93. The third-order valence-electron chi connectivity index (χ3n) is 4.43. The lowest BCUT2D eigenvalue weighted by Crippen LogP contribution is -2.34. The number of imide groups is 1. The molecule has 2 heterocycles. The zero-order valence-corrected chi connectivity index (χ0v) is 17.3. The van der Waals surface area contributed by atoms with Gasteiger partial charge in [0.05, 0.1) is 35.1 Å². The highest BCUT2D eigenvalue weighted by atomic mass is 35.5. The molecule has 3 rings (SSSR count). The first-order valence-electron chi connectivity index (χ1n) is 9.45. The molecule has 170 valence electrons. The summed E-state index contributed by atoms with van der Waals surface area (Å²) < 4.78 is 38.1. The number of aromatic nitrogens is 1. The number of carbonyl (C=O) groups excluding carboxylic acids is 2. The lowest BCUT2D eigenvalue weighted by molar-refractivity contribution is -0.138. The number of nitrogens with one attached hydrogen (secondary N) is 3. The molecule has 12 heteroatoms. The van der Waals surface area contributed by atoms with Crippen LogP contribution in [0, 0.1) is 0 Å². The van der Waals surface area contributed by atoms with Gasteiger partial charge in [-0.1, -0.05) is 23.7 Å². The van der Waals surface area contributed by atoms with E-state index in [9.17, 15) is 22.8 Å². The Morgan fingerprint density at radius 2 is 1.78 bits per heavy atom. The van der Waals surface area contributed by atoms with Gasteiger partial charge >= 0.3 is 6.18 Å². The van der Waals surface area contributed by atoms with Crippen LogP contribution >= 0.6 is 11.6 Å². The van der Waals surface area contributed by atoms with Crippen molar-refractivity contribution < 1.29 is 27.9 Å². The summed E-state index contributed by atoms with van der Waals surface area (Å²) in [6, 6.07) is 7.77. The molecule has 2 aromatic rings. The van der Waals surface area contributed by atoms with Crippen LogP contribution in [0.5, 0.6) is 0 Å². The van der Waals surface area contributed by atoms with Crippen LogP contribution in [-0.4, -0.2) is 53.0 Å². The number of carbonyl (C=O) groups is 2. The van der Waals surface area contributed by atoms with E-state index in [1.807, 2.05) is 0 Å². The molecule has 32 heavy (non-hydrogen) atoms. The summed E-state index contributed by atoms with van der Waals surface area (Å²) >= 11 is 5.87. The number of para-hydroxylation sites is 2. The molecule has 2 amide bonds. The molecule has 8 nitrogen and oxygen atoms in total. The van der Waals surface area contributed by atoms with Crippen molar-refractivity contribution in [1.82, 2.24) is 9.88 Å². The Balaban J connectivity index is 1.58. The van der Waals surface area contributed by atoms with Gasteiger partial charge in [0, 0.05) is 25.4 Å². The van der Waals surface area contributed by atoms with Crippen molar-refractivity contribution in [3.63, 3.8) is 0 Å². The van der Waals surface area contributed by atoms with Gasteiger partial charge in [-0.25, -0.2) is 4.98 Å². The molecule has 0 fully saturated rings. The first-order chi connectivity index (χ1) is 15.2. The quantitative estimate of drug-likeness (QED) is 0.330. The number of alkyl halides is 3. The van der Waals surface area contributed by atoms with Gasteiger partial charge in [0.25, 0.3) is 11.8 Å². The zero-order valence-electron chi connectivity index (χ0n) is 16.5. The van der Waals surface area contributed by atoms with Gasteiger partial charge in [-0.2, -0.15) is 13.2 Å². The second-order valence-corrected chi connectivity index (χ2v) is 7.06. The number of benzene rings is 1. The van der Waals surface area contributed by atoms with Gasteiger partial charge in [0.1, 0.15) is 11.5 Å². The van der Waals surface area contributed by atoms with Crippen molar-refractivity contribution in [3.05, 3.63) is 58.9 Å². The molecule has 0 saturated heterocycles. The number of amides is 2. The molecule has 0 aliphatic carbocycles. The first-order valence-corrected chi connectivity index (χ1v) is 9.83. The van der Waals surface area contributed by atoms with Crippen molar-refractivity contribution in [2.75, 3.05) is 42.2 Å². The largest absolute Gasteiger partial charge is 0.417 e. The molecule has 1 aromatic carbocycles. The average molecular weight is 470 g/mol. The minimum Gasteiger partial charge on any atom is -0.395 e. The summed E-state index contributed by atoms with van der Waals surface area (Å²) in [5.74, 6) is -0.928. The van der Waals surface area contributed by atoms with E-state index < -0.39 is 23.6 Å². The van der Waals surface area contributed by atoms with Crippen LogP contribution in [0.2, 0.25) is 5.02 Å². The Morgan fingerprint density at radius 3 is 2.44 bits per heavy atom. The maximum Gasteiger partial charge on any atom is 0.417 e. The number of halogens is 4. The summed E-state index contributed by atoms with van der Waals surface area (Å²) in [5, 5.41) is 17.7. The van der Waals surface area contributed by atoms with Crippen LogP contribution in [0.15, 0.2) is 48.3 Å². The highest BCUT2D eigenvalue weighted by Crippen LogP contribution is 2.32. The summed E-state index contributed by atoms with van der Waals surface area (Å²) in [5.41, 5.74) is 0.313. The molecule has 0 spiro atoms. The van der Waals surface area contributed by atoms with E-state index in [-0.39, 0.29) is 36.2 Å².